The van der Waals surface area contributed by atoms with Crippen LogP contribution in [0.1, 0.15) is 41.3 Å². The fourth-order valence-corrected chi connectivity index (χ4v) is 2.61. The highest BCUT2D eigenvalue weighted by atomic mass is 35.5. The third kappa shape index (κ3) is 4.33. The first-order valence-electron chi connectivity index (χ1n) is 7.17. The Kier molecular flexibility index (Phi) is 5.44. The van der Waals surface area contributed by atoms with Gasteiger partial charge < -0.3 is 14.5 Å². The maximum atomic E-state index is 12.1. The van der Waals surface area contributed by atoms with Crippen molar-refractivity contribution in [2.75, 3.05) is 5.32 Å². The molecule has 0 amide bonds. The minimum absolute atomic E-state index is 0.215. The fraction of sp³-hybridized carbons (Fsp3) is 0.294. The molecule has 2 rings (SSSR count). The standard InChI is InChI=1S/C17H18ClNO3S/c1-9(2)21-17(20)14-8-12(5-6-15(14)18)19-16(23)13-7-10(3)22-11(13)4/h5-9H,1-4H3,(H,19,23). The van der Waals surface area contributed by atoms with Crippen molar-refractivity contribution in [1.82, 2.24) is 0 Å². The number of carbonyl (C=O) groups is 1. The van der Waals surface area contributed by atoms with Crippen LogP contribution in [0.2, 0.25) is 5.02 Å². The van der Waals surface area contributed by atoms with Crippen LogP contribution in [0.4, 0.5) is 5.69 Å². The first-order chi connectivity index (χ1) is 10.8. The molecule has 0 saturated carbocycles. The van der Waals surface area contributed by atoms with E-state index in [-0.39, 0.29) is 6.10 Å². The normalized spacial score (nSPS) is 10.7. The summed E-state index contributed by atoms with van der Waals surface area (Å²) in [6.45, 7) is 7.28. The summed E-state index contributed by atoms with van der Waals surface area (Å²) in [5.41, 5.74) is 1.78. The summed E-state index contributed by atoms with van der Waals surface area (Å²) in [7, 11) is 0. The van der Waals surface area contributed by atoms with Gasteiger partial charge in [-0.05, 0) is 52.0 Å². The van der Waals surface area contributed by atoms with Gasteiger partial charge in [-0.25, -0.2) is 4.79 Å². The monoisotopic (exact) mass is 351 g/mol. The van der Waals surface area contributed by atoms with E-state index in [2.05, 4.69) is 5.32 Å². The molecule has 0 saturated heterocycles. The topological polar surface area (TPSA) is 51.5 Å². The molecule has 1 heterocycles. The Morgan fingerprint density at radius 3 is 2.52 bits per heavy atom. The van der Waals surface area contributed by atoms with Gasteiger partial charge >= 0.3 is 5.97 Å². The molecule has 122 valence electrons. The lowest BCUT2D eigenvalue weighted by atomic mass is 10.2. The van der Waals surface area contributed by atoms with Crippen molar-refractivity contribution in [2.24, 2.45) is 0 Å². The molecule has 0 spiro atoms. The summed E-state index contributed by atoms with van der Waals surface area (Å²) in [6.07, 6.45) is -0.215. The molecule has 1 aromatic heterocycles. The molecule has 4 nitrogen and oxygen atoms in total. The third-order valence-corrected chi connectivity index (χ3v) is 3.72. The van der Waals surface area contributed by atoms with Crippen molar-refractivity contribution in [3.8, 4) is 0 Å². The number of carbonyl (C=O) groups excluding carboxylic acids is 1. The van der Waals surface area contributed by atoms with Crippen LogP contribution in [0.3, 0.4) is 0 Å². The number of thiocarbonyl (C=S) groups is 1. The number of aryl methyl sites for hydroxylation is 2. The lowest BCUT2D eigenvalue weighted by Crippen LogP contribution is -2.14. The van der Waals surface area contributed by atoms with Gasteiger partial charge in [-0.3, -0.25) is 0 Å². The highest BCUT2D eigenvalue weighted by Gasteiger charge is 2.16. The van der Waals surface area contributed by atoms with E-state index in [1.807, 2.05) is 19.9 Å². The zero-order chi connectivity index (χ0) is 17.1. The largest absolute Gasteiger partial charge is 0.466 e. The van der Waals surface area contributed by atoms with E-state index >= 15 is 0 Å². The van der Waals surface area contributed by atoms with E-state index in [4.69, 9.17) is 33.0 Å². The average molecular weight is 352 g/mol. The van der Waals surface area contributed by atoms with Crippen LogP contribution in [-0.2, 0) is 4.74 Å². The molecular weight excluding hydrogens is 334 g/mol. The Hall–Kier alpha value is -1.85. The number of hydrogen-bond acceptors (Lipinski definition) is 4. The molecule has 0 atom stereocenters. The second-order valence-electron chi connectivity index (χ2n) is 5.43. The molecule has 0 aliphatic rings. The molecule has 2 aromatic rings. The van der Waals surface area contributed by atoms with Gasteiger partial charge in [0.15, 0.2) is 0 Å². The number of nitrogens with one attached hydrogen (secondary N) is 1. The maximum absolute atomic E-state index is 12.1. The molecule has 1 N–H and O–H groups in total. The Bertz CT molecular complexity index is 752. The van der Waals surface area contributed by atoms with Crippen molar-refractivity contribution in [2.45, 2.75) is 33.8 Å². The molecule has 0 aliphatic heterocycles. The quantitative estimate of drug-likeness (QED) is 0.627. The highest BCUT2D eigenvalue weighted by molar-refractivity contribution is 7.81. The van der Waals surface area contributed by atoms with Crippen molar-refractivity contribution in [1.29, 1.82) is 0 Å². The van der Waals surface area contributed by atoms with Crippen LogP contribution in [-0.4, -0.2) is 17.1 Å². The lowest BCUT2D eigenvalue weighted by Gasteiger charge is -2.12. The molecule has 23 heavy (non-hydrogen) atoms. The van der Waals surface area contributed by atoms with Crippen molar-refractivity contribution < 1.29 is 13.9 Å². The first-order valence-corrected chi connectivity index (χ1v) is 7.95. The van der Waals surface area contributed by atoms with Gasteiger partial charge in [0.05, 0.1) is 22.3 Å². The van der Waals surface area contributed by atoms with Gasteiger partial charge in [-0.15, -0.1) is 0 Å². The summed E-state index contributed by atoms with van der Waals surface area (Å²) >= 11 is 11.5. The van der Waals surface area contributed by atoms with Crippen LogP contribution >= 0.6 is 23.8 Å². The molecule has 0 radical (unpaired) electrons. The Balaban J connectivity index is 2.22. The number of esters is 1. The van der Waals surface area contributed by atoms with Gasteiger partial charge in [-0.2, -0.15) is 0 Å². The second kappa shape index (κ2) is 7.15. The minimum Gasteiger partial charge on any atom is -0.466 e. The van der Waals surface area contributed by atoms with E-state index in [1.165, 1.54) is 0 Å². The smallest absolute Gasteiger partial charge is 0.339 e. The van der Waals surface area contributed by atoms with E-state index in [1.54, 1.807) is 32.0 Å². The van der Waals surface area contributed by atoms with Crippen molar-refractivity contribution >= 4 is 40.5 Å². The molecule has 1 aromatic carbocycles. The Labute approximate surface area is 145 Å². The van der Waals surface area contributed by atoms with Gasteiger partial charge in [-0.1, -0.05) is 23.8 Å². The SMILES string of the molecule is Cc1cc(C(=S)Nc2ccc(Cl)c(C(=O)OC(C)C)c2)c(C)o1. The second-order valence-corrected chi connectivity index (χ2v) is 6.25. The van der Waals surface area contributed by atoms with Gasteiger partial charge in [0.2, 0.25) is 0 Å². The average Bonchev–Trinajstić information content (AvgIpc) is 2.79. The van der Waals surface area contributed by atoms with Crippen LogP contribution in [0.15, 0.2) is 28.7 Å². The van der Waals surface area contributed by atoms with Gasteiger partial charge in [0.25, 0.3) is 0 Å². The highest BCUT2D eigenvalue weighted by Crippen LogP contribution is 2.23. The summed E-state index contributed by atoms with van der Waals surface area (Å²) < 4.78 is 10.7. The van der Waals surface area contributed by atoms with Crippen LogP contribution in [0.5, 0.6) is 0 Å². The Morgan fingerprint density at radius 1 is 1.26 bits per heavy atom. The Morgan fingerprint density at radius 2 is 1.96 bits per heavy atom. The molecule has 0 bridgehead atoms. The predicted octanol–water partition coefficient (Wildman–Crippen LogP) is 4.90. The first kappa shape index (κ1) is 17.5. The van der Waals surface area contributed by atoms with Gasteiger partial charge in [0, 0.05) is 5.69 Å². The molecular formula is C17H18ClNO3S. The minimum atomic E-state index is -0.463. The lowest BCUT2D eigenvalue weighted by molar-refractivity contribution is 0.0378. The zero-order valence-corrected chi connectivity index (χ0v) is 15.0. The summed E-state index contributed by atoms with van der Waals surface area (Å²) in [6, 6.07) is 6.89. The number of ether oxygens (including phenoxy) is 1. The fourth-order valence-electron chi connectivity index (χ4n) is 2.09. The number of halogens is 1. The molecule has 6 heteroatoms. The van der Waals surface area contributed by atoms with E-state index < -0.39 is 5.97 Å². The summed E-state index contributed by atoms with van der Waals surface area (Å²) in [5.74, 6) is 1.07. The van der Waals surface area contributed by atoms with Gasteiger partial charge in [0.1, 0.15) is 16.5 Å². The molecule has 0 aliphatic carbocycles. The number of benzene rings is 1. The number of anilines is 1. The molecule has 0 fully saturated rings. The number of hydrogen-bond donors (Lipinski definition) is 1. The van der Waals surface area contributed by atoms with Crippen molar-refractivity contribution in [3.63, 3.8) is 0 Å². The summed E-state index contributed by atoms with van der Waals surface area (Å²) in [5, 5.41) is 3.43. The van der Waals surface area contributed by atoms with Crippen LogP contribution in [0.25, 0.3) is 0 Å². The van der Waals surface area contributed by atoms with Crippen LogP contribution in [0, 0.1) is 13.8 Å². The van der Waals surface area contributed by atoms with Crippen molar-refractivity contribution in [3.05, 3.63) is 51.9 Å². The number of rotatable bonds is 4. The zero-order valence-electron chi connectivity index (χ0n) is 13.4. The van der Waals surface area contributed by atoms with E-state index in [0.29, 0.717) is 21.3 Å². The third-order valence-electron chi connectivity index (χ3n) is 3.07. The summed E-state index contributed by atoms with van der Waals surface area (Å²) in [4.78, 5) is 12.6. The number of furan rings is 1. The van der Waals surface area contributed by atoms with E-state index in [0.717, 1.165) is 17.1 Å². The van der Waals surface area contributed by atoms with Crippen LogP contribution < -0.4 is 5.32 Å². The maximum Gasteiger partial charge on any atom is 0.339 e. The predicted molar refractivity (Wildman–Crippen MR) is 95.5 cm³/mol. The molecule has 0 unspecified atom stereocenters. The van der Waals surface area contributed by atoms with E-state index in [9.17, 15) is 4.79 Å².